The molecule has 0 saturated carbocycles. The van der Waals surface area contributed by atoms with E-state index < -0.39 is 0 Å². The Bertz CT molecular complexity index is 595. The summed E-state index contributed by atoms with van der Waals surface area (Å²) >= 11 is 6.01. The van der Waals surface area contributed by atoms with Crippen LogP contribution in [0.4, 0.5) is 0 Å². The Morgan fingerprint density at radius 3 is 2.45 bits per heavy atom. The fraction of sp³-hybridized carbons (Fsp3) is 0.368. The lowest BCUT2D eigenvalue weighted by atomic mass is 9.94. The monoisotopic (exact) mass is 317 g/mol. The van der Waals surface area contributed by atoms with Gasteiger partial charge in [0.2, 0.25) is 0 Å². The first-order valence-corrected chi connectivity index (χ1v) is 8.13. The Morgan fingerprint density at radius 2 is 1.82 bits per heavy atom. The van der Waals surface area contributed by atoms with Gasteiger partial charge in [-0.15, -0.1) is 0 Å². The number of benzene rings is 2. The summed E-state index contributed by atoms with van der Waals surface area (Å²) in [4.78, 5) is 0. The molecule has 0 saturated heterocycles. The van der Waals surface area contributed by atoms with E-state index in [1.165, 1.54) is 11.1 Å². The fourth-order valence-electron chi connectivity index (χ4n) is 2.49. The topological polar surface area (TPSA) is 35.2 Å². The maximum atomic E-state index is 6.01. The van der Waals surface area contributed by atoms with Gasteiger partial charge in [0.05, 0.1) is 6.61 Å². The minimum absolute atomic E-state index is 0.399. The molecule has 22 heavy (non-hydrogen) atoms. The molecule has 1 atom stereocenters. The van der Waals surface area contributed by atoms with Crippen molar-refractivity contribution in [1.82, 2.24) is 0 Å². The molecule has 118 valence electrons. The predicted octanol–water partition coefficient (Wildman–Crippen LogP) is 4.86. The molecule has 1 unspecified atom stereocenters. The van der Waals surface area contributed by atoms with Crippen LogP contribution in [0.1, 0.15) is 35.4 Å². The number of halogens is 1. The normalized spacial score (nSPS) is 12.2. The molecule has 0 radical (unpaired) electrons. The summed E-state index contributed by atoms with van der Waals surface area (Å²) in [5.74, 6) is 1.28. The molecular weight excluding hydrogens is 294 g/mol. The zero-order valence-corrected chi connectivity index (χ0v) is 14.1. The summed E-state index contributed by atoms with van der Waals surface area (Å²) in [6.45, 7) is 5.45. The first-order chi connectivity index (χ1) is 10.6. The molecule has 2 aromatic carbocycles. The van der Waals surface area contributed by atoms with Crippen LogP contribution in [0.2, 0.25) is 5.02 Å². The van der Waals surface area contributed by atoms with Crippen molar-refractivity contribution in [3.63, 3.8) is 0 Å². The van der Waals surface area contributed by atoms with Gasteiger partial charge >= 0.3 is 0 Å². The van der Waals surface area contributed by atoms with Crippen molar-refractivity contribution < 1.29 is 4.74 Å². The van der Waals surface area contributed by atoms with Gasteiger partial charge in [0.15, 0.2) is 0 Å². The Labute approximate surface area is 138 Å². The van der Waals surface area contributed by atoms with E-state index in [9.17, 15) is 0 Å². The summed E-state index contributed by atoms with van der Waals surface area (Å²) in [6.07, 6.45) is 2.02. The lowest BCUT2D eigenvalue weighted by Gasteiger charge is -2.16. The van der Waals surface area contributed by atoms with Gasteiger partial charge in [-0.25, -0.2) is 0 Å². The van der Waals surface area contributed by atoms with Gasteiger partial charge in [-0.2, -0.15) is 0 Å². The number of hydrogen-bond acceptors (Lipinski definition) is 2. The van der Waals surface area contributed by atoms with Crippen LogP contribution >= 0.6 is 11.6 Å². The fourth-order valence-corrected chi connectivity index (χ4v) is 2.60. The molecule has 0 bridgehead atoms. The van der Waals surface area contributed by atoms with Gasteiger partial charge in [0.25, 0.3) is 0 Å². The van der Waals surface area contributed by atoms with E-state index in [4.69, 9.17) is 22.1 Å². The minimum Gasteiger partial charge on any atom is -0.494 e. The predicted molar refractivity (Wildman–Crippen MR) is 93.9 cm³/mol. The standard InChI is InChI=1S/C19H24ClNO/c1-14-5-7-16(8-6-14)17(13-21)4-3-11-22-18-9-10-19(20)15(2)12-18/h5-10,12,17H,3-4,11,13,21H2,1-2H3. The van der Waals surface area contributed by atoms with Gasteiger partial charge in [0.1, 0.15) is 5.75 Å². The Kier molecular flexibility index (Phi) is 6.29. The molecule has 2 rings (SSSR count). The molecule has 3 heteroatoms. The van der Waals surface area contributed by atoms with E-state index >= 15 is 0 Å². The number of rotatable bonds is 7. The van der Waals surface area contributed by atoms with E-state index in [-0.39, 0.29) is 0 Å². The van der Waals surface area contributed by atoms with Crippen LogP contribution in [0.5, 0.6) is 5.75 Å². The molecule has 2 aromatic rings. The Balaban J connectivity index is 1.81. The first kappa shape index (κ1) is 16.9. The van der Waals surface area contributed by atoms with E-state index in [0.717, 1.165) is 29.2 Å². The SMILES string of the molecule is Cc1ccc(C(CN)CCCOc2ccc(Cl)c(C)c2)cc1. The molecule has 0 fully saturated rings. The summed E-state index contributed by atoms with van der Waals surface area (Å²) in [7, 11) is 0. The van der Waals surface area contributed by atoms with Crippen molar-refractivity contribution in [2.75, 3.05) is 13.2 Å². The highest BCUT2D eigenvalue weighted by Gasteiger charge is 2.09. The summed E-state index contributed by atoms with van der Waals surface area (Å²) in [5.41, 5.74) is 9.55. The van der Waals surface area contributed by atoms with Crippen molar-refractivity contribution in [1.29, 1.82) is 0 Å². The van der Waals surface area contributed by atoms with Crippen LogP contribution in [0.3, 0.4) is 0 Å². The highest BCUT2D eigenvalue weighted by Crippen LogP contribution is 2.23. The second-order valence-corrected chi connectivity index (χ2v) is 6.15. The van der Waals surface area contributed by atoms with Crippen LogP contribution in [-0.4, -0.2) is 13.2 Å². The molecule has 2 N–H and O–H groups in total. The highest BCUT2D eigenvalue weighted by molar-refractivity contribution is 6.31. The van der Waals surface area contributed by atoms with Crippen LogP contribution < -0.4 is 10.5 Å². The molecular formula is C19H24ClNO. The van der Waals surface area contributed by atoms with E-state index in [1.54, 1.807) is 0 Å². The summed E-state index contributed by atoms with van der Waals surface area (Å²) in [6, 6.07) is 14.4. The van der Waals surface area contributed by atoms with E-state index in [2.05, 4.69) is 31.2 Å². The van der Waals surface area contributed by atoms with Gasteiger partial charge in [0, 0.05) is 5.02 Å². The lowest BCUT2D eigenvalue weighted by Crippen LogP contribution is -2.13. The lowest BCUT2D eigenvalue weighted by molar-refractivity contribution is 0.301. The number of ether oxygens (including phenoxy) is 1. The molecule has 0 aliphatic rings. The molecule has 2 nitrogen and oxygen atoms in total. The van der Waals surface area contributed by atoms with Crippen molar-refractivity contribution in [3.05, 3.63) is 64.2 Å². The first-order valence-electron chi connectivity index (χ1n) is 7.75. The number of nitrogens with two attached hydrogens (primary N) is 1. The smallest absolute Gasteiger partial charge is 0.119 e. The Hall–Kier alpha value is -1.51. The van der Waals surface area contributed by atoms with E-state index in [1.807, 2.05) is 25.1 Å². The third kappa shape index (κ3) is 4.75. The number of hydrogen-bond donors (Lipinski definition) is 1. The average molecular weight is 318 g/mol. The molecule has 0 heterocycles. The Morgan fingerprint density at radius 1 is 1.09 bits per heavy atom. The molecule has 0 aromatic heterocycles. The minimum atomic E-state index is 0.399. The maximum absolute atomic E-state index is 6.01. The van der Waals surface area contributed by atoms with Crippen molar-refractivity contribution in [2.24, 2.45) is 5.73 Å². The largest absolute Gasteiger partial charge is 0.494 e. The highest BCUT2D eigenvalue weighted by atomic mass is 35.5. The summed E-state index contributed by atoms with van der Waals surface area (Å²) < 4.78 is 5.79. The molecule has 0 aliphatic heterocycles. The van der Waals surface area contributed by atoms with E-state index in [0.29, 0.717) is 19.1 Å². The van der Waals surface area contributed by atoms with Crippen LogP contribution in [0.15, 0.2) is 42.5 Å². The zero-order valence-electron chi connectivity index (χ0n) is 13.3. The maximum Gasteiger partial charge on any atom is 0.119 e. The second-order valence-electron chi connectivity index (χ2n) is 5.74. The molecule has 0 spiro atoms. The van der Waals surface area contributed by atoms with Crippen LogP contribution in [0.25, 0.3) is 0 Å². The van der Waals surface area contributed by atoms with Gasteiger partial charge in [-0.3, -0.25) is 0 Å². The zero-order chi connectivity index (χ0) is 15.9. The molecule has 0 amide bonds. The van der Waals surface area contributed by atoms with Gasteiger partial charge in [-0.05, 0) is 68.5 Å². The number of aryl methyl sites for hydroxylation is 2. The second kappa shape index (κ2) is 8.21. The quantitative estimate of drug-likeness (QED) is 0.740. The van der Waals surface area contributed by atoms with Gasteiger partial charge in [-0.1, -0.05) is 41.4 Å². The van der Waals surface area contributed by atoms with Crippen molar-refractivity contribution in [2.45, 2.75) is 32.6 Å². The van der Waals surface area contributed by atoms with Gasteiger partial charge < -0.3 is 10.5 Å². The van der Waals surface area contributed by atoms with Crippen LogP contribution in [0, 0.1) is 13.8 Å². The van der Waals surface area contributed by atoms with Crippen molar-refractivity contribution in [3.8, 4) is 5.75 Å². The summed E-state index contributed by atoms with van der Waals surface area (Å²) in [5, 5.41) is 0.773. The third-order valence-electron chi connectivity index (χ3n) is 3.93. The molecule has 0 aliphatic carbocycles. The van der Waals surface area contributed by atoms with Crippen LogP contribution in [-0.2, 0) is 0 Å². The average Bonchev–Trinajstić information content (AvgIpc) is 2.52. The third-order valence-corrected chi connectivity index (χ3v) is 4.35. The van der Waals surface area contributed by atoms with Crippen molar-refractivity contribution >= 4 is 11.6 Å².